The zero-order chi connectivity index (χ0) is 27.4. The van der Waals surface area contributed by atoms with Crippen LogP contribution in [0.4, 0.5) is 14.9 Å². The van der Waals surface area contributed by atoms with Gasteiger partial charge in [-0.3, -0.25) is 14.8 Å². The summed E-state index contributed by atoms with van der Waals surface area (Å²) in [5.41, 5.74) is 2.07. The topological polar surface area (TPSA) is 127 Å². The molecule has 2 atom stereocenters. The Balaban J connectivity index is 1.25. The number of benzene rings is 1. The van der Waals surface area contributed by atoms with E-state index in [1.54, 1.807) is 30.3 Å². The van der Waals surface area contributed by atoms with Crippen molar-refractivity contribution in [2.45, 2.75) is 25.0 Å². The minimum absolute atomic E-state index is 0.167. The van der Waals surface area contributed by atoms with Crippen molar-refractivity contribution in [3.63, 3.8) is 0 Å². The number of hydrogen-bond donors (Lipinski definition) is 2. The fourth-order valence-electron chi connectivity index (χ4n) is 4.84. The van der Waals surface area contributed by atoms with Crippen LogP contribution >= 0.6 is 0 Å². The minimum atomic E-state index is -0.972. The number of carbonyl (C=O) groups is 1. The Morgan fingerprint density at radius 1 is 1.23 bits per heavy atom. The van der Waals surface area contributed by atoms with E-state index in [1.807, 2.05) is 4.90 Å². The number of rotatable bonds is 11. The highest BCUT2D eigenvalue weighted by Crippen LogP contribution is 2.35. The Morgan fingerprint density at radius 2 is 2.05 bits per heavy atom. The highest BCUT2D eigenvalue weighted by Gasteiger charge is 2.34. The second kappa shape index (κ2) is 12.0. The maximum Gasteiger partial charge on any atom is 0.414 e. The minimum Gasteiger partial charge on any atom is -0.486 e. The summed E-state index contributed by atoms with van der Waals surface area (Å²) in [6, 6.07) is 8.70. The molecule has 39 heavy (non-hydrogen) atoms. The third-order valence-corrected chi connectivity index (χ3v) is 6.70. The van der Waals surface area contributed by atoms with Crippen molar-refractivity contribution < 1.29 is 38.3 Å². The molecule has 3 aromatic rings. The number of carbonyl (C=O) groups excluding carboxylic acids is 1. The molecule has 0 radical (unpaired) electrons. The lowest BCUT2D eigenvalue weighted by Gasteiger charge is -2.26. The number of aliphatic hydroxyl groups is 2. The number of hydrogen-bond acceptors (Lipinski definition) is 10. The van der Waals surface area contributed by atoms with E-state index in [0.717, 1.165) is 0 Å². The van der Waals surface area contributed by atoms with Crippen molar-refractivity contribution in [2.24, 2.45) is 0 Å². The number of aliphatic hydroxyl groups excluding tert-OH is 2. The molecule has 1 fully saturated rings. The average Bonchev–Trinajstić information content (AvgIpc) is 3.32. The smallest absolute Gasteiger partial charge is 0.414 e. The van der Waals surface area contributed by atoms with E-state index in [1.165, 1.54) is 18.2 Å². The van der Waals surface area contributed by atoms with Crippen molar-refractivity contribution in [3.8, 4) is 17.4 Å². The van der Waals surface area contributed by atoms with E-state index >= 15 is 0 Å². The van der Waals surface area contributed by atoms with Gasteiger partial charge in [0, 0.05) is 30.8 Å². The van der Waals surface area contributed by atoms with Crippen LogP contribution in [0.2, 0.25) is 0 Å². The molecule has 4 heterocycles. The normalized spacial score (nSPS) is 17.5. The van der Waals surface area contributed by atoms with Crippen LogP contribution < -0.4 is 19.1 Å². The summed E-state index contributed by atoms with van der Waals surface area (Å²) in [6.07, 6.45) is 0.152. The molecule has 2 aromatic heterocycles. The molecular formula is C27H31FN4O7. The summed E-state index contributed by atoms with van der Waals surface area (Å²) in [4.78, 5) is 24.6. The Labute approximate surface area is 224 Å². The van der Waals surface area contributed by atoms with E-state index < -0.39 is 30.7 Å². The summed E-state index contributed by atoms with van der Waals surface area (Å²) in [5.74, 6) is 1.12. The van der Waals surface area contributed by atoms with Crippen LogP contribution in [-0.4, -0.2) is 96.5 Å². The Hall–Kier alpha value is -3.74. The Bertz CT molecular complexity index is 1330. The number of aryl methyl sites for hydroxylation is 1. The maximum atomic E-state index is 14.7. The number of fused-ring (bicyclic) bond motifs is 2. The first-order valence-electron chi connectivity index (χ1n) is 12.8. The van der Waals surface area contributed by atoms with Gasteiger partial charge >= 0.3 is 6.09 Å². The lowest BCUT2D eigenvalue weighted by Crippen LogP contribution is -2.41. The van der Waals surface area contributed by atoms with Gasteiger partial charge in [0.15, 0.2) is 11.5 Å². The van der Waals surface area contributed by atoms with Crippen molar-refractivity contribution in [1.29, 1.82) is 0 Å². The zero-order valence-electron chi connectivity index (χ0n) is 21.6. The molecule has 0 bridgehead atoms. The third-order valence-electron chi connectivity index (χ3n) is 6.70. The molecule has 0 saturated carbocycles. The molecule has 2 aliphatic rings. The van der Waals surface area contributed by atoms with Gasteiger partial charge in [0.25, 0.3) is 0 Å². The van der Waals surface area contributed by atoms with Crippen LogP contribution in [0.15, 0.2) is 36.5 Å². The van der Waals surface area contributed by atoms with Gasteiger partial charge in [0.1, 0.15) is 25.1 Å². The first kappa shape index (κ1) is 26.9. The largest absolute Gasteiger partial charge is 0.486 e. The molecular weight excluding hydrogens is 511 g/mol. The second-order valence-corrected chi connectivity index (χ2v) is 9.45. The molecule has 2 aliphatic heterocycles. The fraction of sp³-hybridized carbons (Fsp3) is 0.444. The maximum absolute atomic E-state index is 14.7. The van der Waals surface area contributed by atoms with Gasteiger partial charge in [-0.05, 0) is 37.6 Å². The number of amides is 1. The molecule has 1 amide bonds. The van der Waals surface area contributed by atoms with Gasteiger partial charge in [-0.1, -0.05) is 0 Å². The number of pyridine rings is 2. The Morgan fingerprint density at radius 3 is 2.85 bits per heavy atom. The number of halogens is 1. The Kier molecular flexibility index (Phi) is 8.24. The van der Waals surface area contributed by atoms with Crippen molar-refractivity contribution in [2.75, 3.05) is 58.0 Å². The van der Waals surface area contributed by atoms with Crippen molar-refractivity contribution >= 4 is 22.8 Å². The molecule has 208 valence electrons. The van der Waals surface area contributed by atoms with Crippen LogP contribution in [-0.2, 0) is 11.2 Å². The first-order valence-corrected chi connectivity index (χ1v) is 12.8. The van der Waals surface area contributed by atoms with Gasteiger partial charge in [0.05, 0.1) is 49.3 Å². The highest BCUT2D eigenvalue weighted by atomic mass is 19.1. The summed E-state index contributed by atoms with van der Waals surface area (Å²) in [6.45, 7) is 1.77. The summed E-state index contributed by atoms with van der Waals surface area (Å²) < 4.78 is 36.7. The molecule has 11 nitrogen and oxygen atoms in total. The number of methoxy groups -OCH3 is 1. The van der Waals surface area contributed by atoms with Gasteiger partial charge < -0.3 is 29.2 Å². The lowest BCUT2D eigenvalue weighted by atomic mass is 10.1. The van der Waals surface area contributed by atoms with Crippen LogP contribution in [0.1, 0.15) is 12.0 Å². The molecule has 0 spiro atoms. The molecule has 12 heteroatoms. The number of cyclic esters (lactones) is 1. The summed E-state index contributed by atoms with van der Waals surface area (Å²) >= 11 is 0. The zero-order valence-corrected chi connectivity index (χ0v) is 21.6. The second-order valence-electron chi connectivity index (χ2n) is 9.45. The summed E-state index contributed by atoms with van der Waals surface area (Å²) in [7, 11) is 1.50. The summed E-state index contributed by atoms with van der Waals surface area (Å²) in [5, 5.41) is 19.5. The fourth-order valence-corrected chi connectivity index (χ4v) is 4.84. The van der Waals surface area contributed by atoms with E-state index in [2.05, 4.69) is 9.97 Å². The van der Waals surface area contributed by atoms with Gasteiger partial charge in [-0.15, -0.1) is 0 Å². The average molecular weight is 543 g/mol. The molecule has 1 aromatic carbocycles. The van der Waals surface area contributed by atoms with Crippen molar-refractivity contribution in [1.82, 2.24) is 14.9 Å². The first-order chi connectivity index (χ1) is 18.9. The van der Waals surface area contributed by atoms with Crippen LogP contribution in [0.5, 0.6) is 17.4 Å². The third kappa shape index (κ3) is 6.13. The number of nitrogens with zero attached hydrogens (tertiary/aromatic N) is 4. The van der Waals surface area contributed by atoms with Gasteiger partial charge in [0.2, 0.25) is 5.88 Å². The highest BCUT2D eigenvalue weighted by molar-refractivity contribution is 5.90. The number of anilines is 1. The predicted octanol–water partition coefficient (Wildman–Crippen LogP) is 2.16. The monoisotopic (exact) mass is 542 g/mol. The molecule has 2 N–H and O–H groups in total. The number of aromatic nitrogens is 2. The predicted molar refractivity (Wildman–Crippen MR) is 139 cm³/mol. The van der Waals surface area contributed by atoms with Gasteiger partial charge in [-0.25, -0.2) is 14.2 Å². The van der Waals surface area contributed by atoms with Crippen LogP contribution in [0.25, 0.3) is 11.0 Å². The van der Waals surface area contributed by atoms with Crippen LogP contribution in [0, 0.1) is 5.82 Å². The van der Waals surface area contributed by atoms with E-state index in [4.69, 9.17) is 18.9 Å². The van der Waals surface area contributed by atoms with E-state index in [9.17, 15) is 19.4 Å². The van der Waals surface area contributed by atoms with Crippen molar-refractivity contribution in [3.05, 3.63) is 47.9 Å². The lowest BCUT2D eigenvalue weighted by molar-refractivity contribution is 0.0423. The molecule has 0 aliphatic carbocycles. The van der Waals surface area contributed by atoms with Gasteiger partial charge in [-0.2, -0.15) is 0 Å². The molecule has 5 rings (SSSR count). The SMILES string of the molecule is COc1ccc2ncc(F)c(CCCN(CC(O)CO)CC3CN(c4ccc5c(c4)OCCO5)C(=O)O3)c2n1. The van der Waals surface area contributed by atoms with E-state index in [0.29, 0.717) is 85.4 Å². The quantitative estimate of drug-likeness (QED) is 0.372. The van der Waals surface area contributed by atoms with Crippen LogP contribution in [0.3, 0.4) is 0 Å². The molecule has 1 saturated heterocycles. The van der Waals surface area contributed by atoms with E-state index in [-0.39, 0.29) is 6.54 Å². The molecule has 2 unspecified atom stereocenters. The number of ether oxygens (including phenoxy) is 4. The standard InChI is InChI=1S/C27H31FN4O7/c1-36-25-7-5-22-26(30-25)20(21(28)12-29-22)3-2-8-31(13-18(34)16-33)14-19-15-32(27(35)39-19)17-4-6-23-24(11-17)38-10-9-37-23/h4-7,11-12,18-19,33-34H,2-3,8-10,13-16H2,1H3.